The Morgan fingerprint density at radius 2 is 1.44 bits per heavy atom. The fraction of sp³-hybridized carbons (Fsp3) is 0.633. The summed E-state index contributed by atoms with van der Waals surface area (Å²) in [5, 5.41) is 30.8. The van der Waals surface area contributed by atoms with Gasteiger partial charge < -0.3 is 45.1 Å². The van der Waals surface area contributed by atoms with Gasteiger partial charge in [0, 0.05) is 19.0 Å². The molecular formula is C49H79N3O16P2. The lowest BCUT2D eigenvalue weighted by atomic mass is 9.99. The van der Waals surface area contributed by atoms with Crippen LogP contribution in [0.5, 0.6) is 0 Å². The van der Waals surface area contributed by atoms with Crippen molar-refractivity contribution in [1.82, 2.24) is 9.55 Å². The van der Waals surface area contributed by atoms with Crippen LogP contribution in [0.3, 0.4) is 0 Å². The molecule has 0 spiro atoms. The summed E-state index contributed by atoms with van der Waals surface area (Å²) in [5.74, 6) is -0.668. The predicted octanol–water partition coefficient (Wildman–Crippen LogP) is 8.55. The summed E-state index contributed by atoms with van der Waals surface area (Å²) in [6, 6.07) is 1.24. The number of anilines is 1. The fourth-order valence-corrected chi connectivity index (χ4v) is 8.86. The van der Waals surface area contributed by atoms with Crippen LogP contribution in [0.4, 0.5) is 5.82 Å². The van der Waals surface area contributed by atoms with E-state index in [1.54, 1.807) is 12.2 Å². The number of carbonyl (C=O) groups excluding carboxylic acids is 2. The number of aliphatic hydroxyl groups is 3. The van der Waals surface area contributed by atoms with Gasteiger partial charge in [0.2, 0.25) is 0 Å². The average molecular weight is 1030 g/mol. The normalized spacial score (nSPS) is 20.8. The topological polar surface area (TPSA) is 286 Å². The number of ether oxygens (including phenoxy) is 3. The molecule has 1 aromatic rings. The molecule has 7 N–H and O–H groups in total. The Morgan fingerprint density at radius 1 is 0.814 bits per heavy atom. The average Bonchev–Trinajstić information content (AvgIpc) is 3.59. The second kappa shape index (κ2) is 36.1. The number of esters is 2. The standard InChI is InChI=1S/C49H79N3O16P2/c1-4-6-24-30-40(53)31-26-21-17-12-10-8-7-9-11-13-19-23-28-33-45(55)66-41(36-63-44(54)32-27-22-18-15-14-16-20-25-29-39(3)5-2)37-64-69(59,60)68-70(61,62)65-38-42-46(56)47(57)48(67-42)52-35-34-43(50)51-49(52)58/h6,8-11,17,19,21,23-24,26,31,34-35,39-42,46-48,53,56-57H,4-5,7,12-16,18,20,22,25,27-30,32-33,36-38H2,1-3H3,(H,59,60)(H,61,62)(H2,50,51,58)/b10-8-,11-9-,21-17+,23-19-,24-6-,31-26+/t39?,40?,41-,42-,46-,47-,48-/m1/s1. The molecule has 1 aliphatic heterocycles. The summed E-state index contributed by atoms with van der Waals surface area (Å²) in [6.07, 6.45) is 30.6. The Morgan fingerprint density at radius 3 is 2.10 bits per heavy atom. The zero-order chi connectivity index (χ0) is 51.6. The van der Waals surface area contributed by atoms with Crippen molar-refractivity contribution < 1.29 is 71.4 Å². The maximum absolute atomic E-state index is 12.8. The highest BCUT2D eigenvalue weighted by molar-refractivity contribution is 7.61. The van der Waals surface area contributed by atoms with Crippen LogP contribution in [-0.4, -0.2) is 96.9 Å². The van der Waals surface area contributed by atoms with Crippen LogP contribution in [0.15, 0.2) is 90.0 Å². The first-order valence-electron chi connectivity index (χ1n) is 24.5. The van der Waals surface area contributed by atoms with Gasteiger partial charge in [-0.05, 0) is 56.9 Å². The first-order valence-corrected chi connectivity index (χ1v) is 27.4. The van der Waals surface area contributed by atoms with Gasteiger partial charge in [0.05, 0.1) is 19.3 Å². The van der Waals surface area contributed by atoms with Crippen LogP contribution in [0, 0.1) is 5.92 Å². The van der Waals surface area contributed by atoms with Gasteiger partial charge in [-0.15, -0.1) is 0 Å². The quantitative estimate of drug-likeness (QED) is 0.0119. The van der Waals surface area contributed by atoms with Gasteiger partial charge in [0.25, 0.3) is 0 Å². The number of phosphoric acid groups is 2. The van der Waals surface area contributed by atoms with E-state index >= 15 is 0 Å². The molecule has 0 amide bonds. The zero-order valence-electron chi connectivity index (χ0n) is 41.1. The molecule has 1 aliphatic rings. The molecule has 9 atom stereocenters. The van der Waals surface area contributed by atoms with Gasteiger partial charge in [0.1, 0.15) is 30.7 Å². The summed E-state index contributed by atoms with van der Waals surface area (Å²) in [4.78, 5) is 61.8. The van der Waals surface area contributed by atoms with E-state index in [-0.39, 0.29) is 18.7 Å². The van der Waals surface area contributed by atoms with Crippen molar-refractivity contribution in [2.24, 2.45) is 5.92 Å². The number of aliphatic hydroxyl groups excluding tert-OH is 3. The van der Waals surface area contributed by atoms with Crippen LogP contribution < -0.4 is 11.4 Å². The number of carbonyl (C=O) groups is 2. The number of hydrogen-bond donors (Lipinski definition) is 6. The summed E-state index contributed by atoms with van der Waals surface area (Å²) in [6.45, 7) is 4.13. The number of rotatable bonds is 38. The summed E-state index contributed by atoms with van der Waals surface area (Å²) in [5.41, 5.74) is 4.57. The zero-order valence-corrected chi connectivity index (χ0v) is 42.9. The summed E-state index contributed by atoms with van der Waals surface area (Å²) >= 11 is 0. The Hall–Kier alpha value is -3.84. The van der Waals surface area contributed by atoms with Crippen molar-refractivity contribution in [2.45, 2.75) is 173 Å². The van der Waals surface area contributed by atoms with Crippen molar-refractivity contribution >= 4 is 33.4 Å². The van der Waals surface area contributed by atoms with E-state index in [1.165, 1.54) is 38.2 Å². The number of nitrogens with two attached hydrogens (primary N) is 1. The second-order valence-electron chi connectivity index (χ2n) is 17.0. The van der Waals surface area contributed by atoms with Crippen LogP contribution in [0.25, 0.3) is 0 Å². The molecule has 70 heavy (non-hydrogen) atoms. The first kappa shape index (κ1) is 62.3. The highest BCUT2D eigenvalue weighted by atomic mass is 31.3. The minimum Gasteiger partial charge on any atom is -0.462 e. The van der Waals surface area contributed by atoms with Crippen molar-refractivity contribution in [3.05, 3.63) is 95.7 Å². The molecule has 4 unspecified atom stereocenters. The SMILES string of the molecule is CC/C=C\CC(O)/C=C/C=C/C/C=C\C/C=C\C/C=C\CCC(=O)O[C@H](COC(=O)CCCCCCCCCCC(C)CC)COP(=O)(O)OP(=O)(O)OC[C@H]1O[C@@H](n2ccc(N)nc2=O)[C@H](O)[C@@H]1O. The number of unbranched alkanes of at least 4 members (excludes halogenated alkanes) is 7. The molecule has 0 saturated carbocycles. The van der Waals surface area contributed by atoms with Gasteiger partial charge in [-0.3, -0.25) is 23.2 Å². The van der Waals surface area contributed by atoms with Crippen LogP contribution in [0.2, 0.25) is 0 Å². The summed E-state index contributed by atoms with van der Waals surface area (Å²) < 4.78 is 56.6. The van der Waals surface area contributed by atoms with Crippen molar-refractivity contribution in [1.29, 1.82) is 0 Å². The molecule has 0 aromatic carbocycles. The Labute approximate surface area is 413 Å². The lowest BCUT2D eigenvalue weighted by Gasteiger charge is -2.21. The fourth-order valence-electron chi connectivity index (χ4n) is 6.75. The number of phosphoric ester groups is 2. The minimum atomic E-state index is -5.45. The van der Waals surface area contributed by atoms with Crippen molar-refractivity contribution in [3.8, 4) is 0 Å². The minimum absolute atomic E-state index is 0.0933. The Kier molecular flexibility index (Phi) is 32.1. The number of nitrogen functional groups attached to an aromatic ring is 1. The molecule has 396 valence electrons. The van der Waals surface area contributed by atoms with Gasteiger partial charge in [-0.1, -0.05) is 151 Å². The molecule has 0 bridgehead atoms. The molecule has 2 heterocycles. The van der Waals surface area contributed by atoms with Crippen LogP contribution >= 0.6 is 15.6 Å². The Balaban J connectivity index is 1.86. The van der Waals surface area contributed by atoms with Crippen molar-refractivity contribution in [2.75, 3.05) is 25.6 Å². The van der Waals surface area contributed by atoms with E-state index in [2.05, 4.69) is 23.1 Å². The van der Waals surface area contributed by atoms with E-state index in [4.69, 9.17) is 29.0 Å². The van der Waals surface area contributed by atoms with E-state index < -0.39 is 89.8 Å². The smallest absolute Gasteiger partial charge is 0.462 e. The number of allylic oxidation sites excluding steroid dienone is 10. The van der Waals surface area contributed by atoms with Crippen LogP contribution in [0.1, 0.15) is 143 Å². The molecule has 0 radical (unpaired) electrons. The molecule has 1 saturated heterocycles. The van der Waals surface area contributed by atoms with E-state index in [0.29, 0.717) is 25.7 Å². The second-order valence-corrected chi connectivity index (χ2v) is 20.1. The first-order chi connectivity index (χ1) is 33.5. The molecule has 1 aromatic heterocycles. The van der Waals surface area contributed by atoms with E-state index in [0.717, 1.165) is 61.6 Å². The highest BCUT2D eigenvalue weighted by Gasteiger charge is 2.46. The number of hydrogen-bond acceptors (Lipinski definition) is 16. The van der Waals surface area contributed by atoms with E-state index in [9.17, 15) is 48.6 Å². The molecular weight excluding hydrogens is 948 g/mol. The maximum Gasteiger partial charge on any atom is 0.481 e. The van der Waals surface area contributed by atoms with Gasteiger partial charge in [0.15, 0.2) is 12.3 Å². The van der Waals surface area contributed by atoms with Gasteiger partial charge >= 0.3 is 33.3 Å². The van der Waals surface area contributed by atoms with Gasteiger partial charge in [-0.2, -0.15) is 9.29 Å². The number of aromatic nitrogens is 2. The molecule has 19 nitrogen and oxygen atoms in total. The molecule has 2 rings (SSSR count). The lowest BCUT2D eigenvalue weighted by molar-refractivity contribution is -0.161. The van der Waals surface area contributed by atoms with Gasteiger partial charge in [-0.25, -0.2) is 13.9 Å². The molecule has 0 aliphatic carbocycles. The molecule has 21 heteroatoms. The maximum atomic E-state index is 12.8. The predicted molar refractivity (Wildman–Crippen MR) is 267 cm³/mol. The molecule has 1 fully saturated rings. The third-order valence-electron chi connectivity index (χ3n) is 10.9. The largest absolute Gasteiger partial charge is 0.481 e. The third-order valence-corrected chi connectivity index (χ3v) is 13.5. The highest BCUT2D eigenvalue weighted by Crippen LogP contribution is 2.60. The Bertz CT molecular complexity index is 1990. The van der Waals surface area contributed by atoms with E-state index in [1.807, 2.05) is 67.7 Å². The van der Waals surface area contributed by atoms with Crippen LogP contribution in [-0.2, 0) is 46.3 Å². The lowest BCUT2D eigenvalue weighted by Crippen LogP contribution is -2.36. The summed E-state index contributed by atoms with van der Waals surface area (Å²) in [7, 11) is -10.9. The van der Waals surface area contributed by atoms with Crippen molar-refractivity contribution in [3.63, 3.8) is 0 Å². The monoisotopic (exact) mass is 1030 g/mol. The number of nitrogens with zero attached hydrogens (tertiary/aromatic N) is 2. The third kappa shape index (κ3) is 28.9.